The van der Waals surface area contributed by atoms with Gasteiger partial charge in [0.15, 0.2) is 5.13 Å². The van der Waals surface area contributed by atoms with Crippen LogP contribution in [-0.4, -0.2) is 16.6 Å². The lowest BCUT2D eigenvalue weighted by molar-refractivity contribution is 0.00694. The van der Waals surface area contributed by atoms with Crippen LogP contribution in [-0.2, 0) is 11.2 Å². The van der Waals surface area contributed by atoms with Gasteiger partial charge in [-0.1, -0.05) is 12.1 Å². The monoisotopic (exact) mass is 290 g/mol. The standard InChI is InChI=1S/C15H18N2O2S/c1-15(2,3)19-13(18)11-6-4-5-10(7-11)8-12-9-17-14(16)20-12/h4-7,9H,8H2,1-3H3,(H2,16,17). The van der Waals surface area contributed by atoms with E-state index in [-0.39, 0.29) is 5.97 Å². The van der Waals surface area contributed by atoms with Crippen LogP contribution in [0.15, 0.2) is 30.5 Å². The van der Waals surface area contributed by atoms with Crippen molar-refractivity contribution in [2.75, 3.05) is 5.73 Å². The van der Waals surface area contributed by atoms with Crippen LogP contribution in [0.4, 0.5) is 5.13 Å². The predicted octanol–water partition coefficient (Wildman–Crippen LogP) is 3.27. The van der Waals surface area contributed by atoms with Crippen molar-refractivity contribution < 1.29 is 9.53 Å². The molecule has 2 N–H and O–H groups in total. The van der Waals surface area contributed by atoms with Crippen LogP contribution in [0.3, 0.4) is 0 Å². The predicted molar refractivity (Wildman–Crippen MR) is 80.9 cm³/mol. The molecule has 0 amide bonds. The topological polar surface area (TPSA) is 65.2 Å². The molecule has 2 rings (SSSR count). The van der Waals surface area contributed by atoms with Crippen LogP contribution in [0.5, 0.6) is 0 Å². The van der Waals surface area contributed by atoms with E-state index in [0.717, 1.165) is 10.4 Å². The van der Waals surface area contributed by atoms with E-state index in [9.17, 15) is 4.79 Å². The molecule has 1 aromatic carbocycles. The molecule has 0 saturated carbocycles. The van der Waals surface area contributed by atoms with E-state index in [1.807, 2.05) is 39.0 Å². The summed E-state index contributed by atoms with van der Waals surface area (Å²) in [5, 5.41) is 0.559. The molecule has 5 heteroatoms. The number of rotatable bonds is 3. The summed E-state index contributed by atoms with van der Waals surface area (Å²) in [6.45, 7) is 5.57. The van der Waals surface area contributed by atoms with Crippen LogP contribution in [0.2, 0.25) is 0 Å². The minimum atomic E-state index is -0.487. The van der Waals surface area contributed by atoms with Crippen molar-refractivity contribution in [3.8, 4) is 0 Å². The Hall–Kier alpha value is -1.88. The first kappa shape index (κ1) is 14.5. The second-order valence-electron chi connectivity index (χ2n) is 5.54. The Kier molecular flexibility index (Phi) is 4.09. The van der Waals surface area contributed by atoms with Crippen molar-refractivity contribution in [3.05, 3.63) is 46.5 Å². The lowest BCUT2D eigenvalue weighted by Crippen LogP contribution is -2.23. The number of hydrogen-bond acceptors (Lipinski definition) is 5. The molecule has 0 aliphatic rings. The summed E-state index contributed by atoms with van der Waals surface area (Å²) in [6.07, 6.45) is 2.48. The van der Waals surface area contributed by atoms with Gasteiger partial charge in [0.25, 0.3) is 0 Å². The SMILES string of the molecule is CC(C)(C)OC(=O)c1cccc(Cc2cnc(N)s2)c1. The summed E-state index contributed by atoms with van der Waals surface area (Å²) in [7, 11) is 0. The Morgan fingerprint density at radius 3 is 2.75 bits per heavy atom. The fourth-order valence-electron chi connectivity index (χ4n) is 1.75. The number of aromatic nitrogens is 1. The summed E-state index contributed by atoms with van der Waals surface area (Å²) in [5.41, 5.74) is 6.73. The maximum Gasteiger partial charge on any atom is 0.338 e. The van der Waals surface area contributed by atoms with E-state index in [1.165, 1.54) is 11.3 Å². The summed E-state index contributed by atoms with van der Waals surface area (Å²) in [5.74, 6) is -0.303. The third kappa shape index (κ3) is 4.06. The highest BCUT2D eigenvalue weighted by Gasteiger charge is 2.18. The van der Waals surface area contributed by atoms with Crippen molar-refractivity contribution in [1.29, 1.82) is 0 Å². The van der Waals surface area contributed by atoms with Crippen LogP contribution in [0, 0.1) is 0 Å². The molecule has 0 bridgehead atoms. The number of ether oxygens (including phenoxy) is 1. The lowest BCUT2D eigenvalue weighted by atomic mass is 10.1. The number of nitrogens with zero attached hydrogens (tertiary/aromatic N) is 1. The molecule has 0 atom stereocenters. The first-order chi connectivity index (χ1) is 9.33. The van der Waals surface area contributed by atoms with E-state index in [1.54, 1.807) is 12.3 Å². The van der Waals surface area contributed by atoms with Gasteiger partial charge in [-0.25, -0.2) is 9.78 Å². The molecule has 106 valence electrons. The first-order valence-corrected chi connectivity index (χ1v) is 7.17. The van der Waals surface area contributed by atoms with Gasteiger partial charge in [-0.15, -0.1) is 11.3 Å². The summed E-state index contributed by atoms with van der Waals surface area (Å²) in [6, 6.07) is 7.45. The molecule has 20 heavy (non-hydrogen) atoms. The van der Waals surface area contributed by atoms with Gasteiger partial charge in [0, 0.05) is 17.5 Å². The van der Waals surface area contributed by atoms with Crippen molar-refractivity contribution in [1.82, 2.24) is 4.98 Å². The highest BCUT2D eigenvalue weighted by molar-refractivity contribution is 7.15. The third-order valence-electron chi connectivity index (χ3n) is 2.51. The molecule has 0 aliphatic carbocycles. The Morgan fingerprint density at radius 1 is 1.40 bits per heavy atom. The second kappa shape index (κ2) is 5.63. The number of esters is 1. The molecule has 4 nitrogen and oxygen atoms in total. The van der Waals surface area contributed by atoms with Gasteiger partial charge in [-0.05, 0) is 38.5 Å². The zero-order valence-electron chi connectivity index (χ0n) is 11.8. The fourth-order valence-corrected chi connectivity index (χ4v) is 2.47. The van der Waals surface area contributed by atoms with E-state index in [0.29, 0.717) is 17.1 Å². The maximum atomic E-state index is 12.0. The number of thiazole rings is 1. The molecule has 0 unspecified atom stereocenters. The van der Waals surface area contributed by atoms with Gasteiger partial charge < -0.3 is 10.5 Å². The molecule has 1 heterocycles. The van der Waals surface area contributed by atoms with Crippen LogP contribution in [0.25, 0.3) is 0 Å². The second-order valence-corrected chi connectivity index (χ2v) is 6.69. The average molecular weight is 290 g/mol. The smallest absolute Gasteiger partial charge is 0.338 e. The molecule has 2 aromatic rings. The normalized spacial score (nSPS) is 11.3. The largest absolute Gasteiger partial charge is 0.456 e. The van der Waals surface area contributed by atoms with Crippen molar-refractivity contribution in [2.24, 2.45) is 0 Å². The average Bonchev–Trinajstić information content (AvgIpc) is 2.73. The Balaban J connectivity index is 2.13. The number of nitrogen functional groups attached to an aromatic ring is 1. The van der Waals surface area contributed by atoms with Crippen LogP contribution in [0.1, 0.15) is 41.6 Å². The Morgan fingerprint density at radius 2 is 2.15 bits per heavy atom. The molecular formula is C15H18N2O2S. The lowest BCUT2D eigenvalue weighted by Gasteiger charge is -2.19. The van der Waals surface area contributed by atoms with Crippen LogP contribution >= 0.6 is 11.3 Å². The summed E-state index contributed by atoms with van der Waals surface area (Å²) < 4.78 is 5.36. The van der Waals surface area contributed by atoms with Gasteiger partial charge in [-0.3, -0.25) is 0 Å². The van der Waals surface area contributed by atoms with Gasteiger partial charge in [0.2, 0.25) is 0 Å². The van der Waals surface area contributed by atoms with Gasteiger partial charge in [0.1, 0.15) is 5.60 Å². The van der Waals surface area contributed by atoms with Gasteiger partial charge >= 0.3 is 5.97 Å². The number of nitrogens with two attached hydrogens (primary N) is 1. The first-order valence-electron chi connectivity index (χ1n) is 6.36. The quantitative estimate of drug-likeness (QED) is 0.881. The van der Waals surface area contributed by atoms with Gasteiger partial charge in [0.05, 0.1) is 5.56 Å². The molecule has 0 aliphatic heterocycles. The van der Waals surface area contributed by atoms with Crippen molar-refractivity contribution in [2.45, 2.75) is 32.8 Å². The molecular weight excluding hydrogens is 272 g/mol. The molecule has 1 aromatic heterocycles. The summed E-state index contributed by atoms with van der Waals surface area (Å²) in [4.78, 5) is 17.1. The number of carbonyl (C=O) groups is 1. The van der Waals surface area contributed by atoms with Crippen molar-refractivity contribution in [3.63, 3.8) is 0 Å². The number of hydrogen-bond donors (Lipinski definition) is 1. The molecule has 0 saturated heterocycles. The Bertz CT molecular complexity index is 614. The molecule has 0 spiro atoms. The highest BCUT2D eigenvalue weighted by Crippen LogP contribution is 2.20. The molecule has 0 radical (unpaired) electrons. The number of benzene rings is 1. The fraction of sp³-hybridized carbons (Fsp3) is 0.333. The maximum absolute atomic E-state index is 12.0. The minimum absolute atomic E-state index is 0.303. The molecule has 0 fully saturated rings. The van der Waals surface area contributed by atoms with E-state index >= 15 is 0 Å². The van der Waals surface area contributed by atoms with Crippen LogP contribution < -0.4 is 5.73 Å². The zero-order valence-corrected chi connectivity index (χ0v) is 12.7. The van der Waals surface area contributed by atoms with E-state index in [2.05, 4.69) is 4.98 Å². The Labute approximate surface area is 122 Å². The van der Waals surface area contributed by atoms with E-state index in [4.69, 9.17) is 10.5 Å². The van der Waals surface area contributed by atoms with Crippen molar-refractivity contribution >= 4 is 22.4 Å². The minimum Gasteiger partial charge on any atom is -0.456 e. The number of carbonyl (C=O) groups excluding carboxylic acids is 1. The van der Waals surface area contributed by atoms with E-state index < -0.39 is 5.60 Å². The summed E-state index contributed by atoms with van der Waals surface area (Å²) >= 11 is 1.46. The highest BCUT2D eigenvalue weighted by atomic mass is 32.1. The third-order valence-corrected chi connectivity index (χ3v) is 3.34. The zero-order chi connectivity index (χ0) is 14.8. The number of anilines is 1. The van der Waals surface area contributed by atoms with Gasteiger partial charge in [-0.2, -0.15) is 0 Å².